The molecule has 0 saturated carbocycles. The van der Waals surface area contributed by atoms with Crippen molar-refractivity contribution in [3.63, 3.8) is 0 Å². The molecule has 31 heavy (non-hydrogen) atoms. The molecule has 0 radical (unpaired) electrons. The predicted octanol–water partition coefficient (Wildman–Crippen LogP) is 4.82. The standard InChI is InChI=1S/C23H24F2N4OS/c1-27-13-3-4-21(27)22(30)29(20-11-7-17(25)8-12-20)14-18-15-31-23(26-18)28(2)19-9-5-16(24)6-10-19/h5-12,15,21H,3-4,13-14H2,1-2H3. The minimum atomic E-state index is -0.342. The van der Waals surface area contributed by atoms with Crippen molar-refractivity contribution < 1.29 is 13.6 Å². The molecule has 1 saturated heterocycles. The highest BCUT2D eigenvalue weighted by Crippen LogP contribution is 2.29. The lowest BCUT2D eigenvalue weighted by molar-refractivity contribution is -0.122. The molecule has 1 aliphatic heterocycles. The number of hydrogen-bond acceptors (Lipinski definition) is 5. The number of aromatic nitrogens is 1. The predicted molar refractivity (Wildman–Crippen MR) is 120 cm³/mol. The Bertz CT molecular complexity index is 1040. The lowest BCUT2D eigenvalue weighted by Gasteiger charge is -2.28. The van der Waals surface area contributed by atoms with Crippen LogP contribution in [0.1, 0.15) is 18.5 Å². The molecule has 0 aliphatic carbocycles. The largest absolute Gasteiger partial charge is 0.321 e. The topological polar surface area (TPSA) is 39.7 Å². The van der Waals surface area contributed by atoms with E-state index in [1.54, 1.807) is 29.2 Å². The van der Waals surface area contributed by atoms with E-state index in [0.29, 0.717) is 12.2 Å². The van der Waals surface area contributed by atoms with E-state index in [1.807, 2.05) is 24.4 Å². The van der Waals surface area contributed by atoms with Crippen LogP contribution in [0.4, 0.5) is 25.3 Å². The van der Waals surface area contributed by atoms with Gasteiger partial charge in [-0.1, -0.05) is 0 Å². The van der Waals surface area contributed by atoms with E-state index in [2.05, 4.69) is 9.88 Å². The third-order valence-corrected chi connectivity index (χ3v) is 6.54. The molecule has 2 heterocycles. The molecule has 1 atom stereocenters. The maximum absolute atomic E-state index is 13.5. The first-order valence-corrected chi connectivity index (χ1v) is 11.0. The molecule has 0 bridgehead atoms. The smallest absolute Gasteiger partial charge is 0.244 e. The lowest BCUT2D eigenvalue weighted by atomic mass is 10.1. The molecule has 1 aliphatic rings. The average molecular weight is 443 g/mol. The zero-order chi connectivity index (χ0) is 22.0. The number of rotatable bonds is 6. The summed E-state index contributed by atoms with van der Waals surface area (Å²) in [5.74, 6) is -0.638. The van der Waals surface area contributed by atoms with Crippen molar-refractivity contribution in [1.82, 2.24) is 9.88 Å². The van der Waals surface area contributed by atoms with Crippen LogP contribution in [-0.4, -0.2) is 42.5 Å². The van der Waals surface area contributed by atoms with Gasteiger partial charge in [-0.05, 0) is 75.0 Å². The molecular weight excluding hydrogens is 418 g/mol. The van der Waals surface area contributed by atoms with Crippen LogP contribution < -0.4 is 9.80 Å². The number of amides is 1. The quantitative estimate of drug-likeness (QED) is 0.549. The van der Waals surface area contributed by atoms with Gasteiger partial charge in [-0.2, -0.15) is 0 Å². The third-order valence-electron chi connectivity index (χ3n) is 5.57. The number of halogens is 2. The first kappa shape index (κ1) is 21.4. The molecule has 0 N–H and O–H groups in total. The number of anilines is 3. The first-order valence-electron chi connectivity index (χ1n) is 10.1. The van der Waals surface area contributed by atoms with Gasteiger partial charge in [-0.3, -0.25) is 9.69 Å². The summed E-state index contributed by atoms with van der Waals surface area (Å²) in [5.41, 5.74) is 2.21. The van der Waals surface area contributed by atoms with Crippen LogP contribution in [-0.2, 0) is 11.3 Å². The molecule has 3 aromatic rings. The van der Waals surface area contributed by atoms with Gasteiger partial charge >= 0.3 is 0 Å². The SMILES string of the molecule is CN(c1ccc(F)cc1)c1nc(CN(C(=O)C2CCCN2C)c2ccc(F)cc2)cs1. The van der Waals surface area contributed by atoms with Crippen molar-refractivity contribution in [2.45, 2.75) is 25.4 Å². The van der Waals surface area contributed by atoms with Crippen LogP contribution in [0.3, 0.4) is 0 Å². The van der Waals surface area contributed by atoms with Gasteiger partial charge in [0.1, 0.15) is 11.6 Å². The van der Waals surface area contributed by atoms with Gasteiger partial charge in [0.2, 0.25) is 5.91 Å². The number of benzene rings is 2. The van der Waals surface area contributed by atoms with Crippen LogP contribution in [0.2, 0.25) is 0 Å². The molecule has 162 valence electrons. The molecule has 1 fully saturated rings. The molecular formula is C23H24F2N4OS. The van der Waals surface area contributed by atoms with Gasteiger partial charge in [0.05, 0.1) is 18.3 Å². The third kappa shape index (κ3) is 4.75. The van der Waals surface area contributed by atoms with Gasteiger partial charge < -0.3 is 9.80 Å². The number of carbonyl (C=O) groups excluding carboxylic acids is 1. The Morgan fingerprint density at radius 3 is 2.29 bits per heavy atom. The van der Waals surface area contributed by atoms with E-state index in [1.165, 1.54) is 35.6 Å². The Hall–Kier alpha value is -2.84. The molecule has 4 rings (SSSR count). The van der Waals surface area contributed by atoms with E-state index < -0.39 is 0 Å². The molecule has 5 nitrogen and oxygen atoms in total. The second kappa shape index (κ2) is 9.11. The van der Waals surface area contributed by atoms with Crippen LogP contribution in [0.5, 0.6) is 0 Å². The Morgan fingerprint density at radius 1 is 1.10 bits per heavy atom. The lowest BCUT2D eigenvalue weighted by Crippen LogP contribution is -2.44. The van der Waals surface area contributed by atoms with Crippen molar-refractivity contribution in [2.24, 2.45) is 0 Å². The number of carbonyl (C=O) groups is 1. The zero-order valence-electron chi connectivity index (χ0n) is 17.5. The van der Waals surface area contributed by atoms with Crippen molar-refractivity contribution >= 4 is 33.8 Å². The minimum absolute atomic E-state index is 0.00644. The summed E-state index contributed by atoms with van der Waals surface area (Å²) in [6.07, 6.45) is 1.79. The number of thiazole rings is 1. The van der Waals surface area contributed by atoms with E-state index in [9.17, 15) is 13.6 Å². The second-order valence-electron chi connectivity index (χ2n) is 7.70. The summed E-state index contributed by atoms with van der Waals surface area (Å²) in [6, 6.07) is 12.0. The summed E-state index contributed by atoms with van der Waals surface area (Å²) in [6.45, 7) is 1.18. The number of likely N-dealkylation sites (tertiary alicyclic amines) is 1. The first-order chi connectivity index (χ1) is 14.9. The van der Waals surface area contributed by atoms with E-state index in [0.717, 1.165) is 35.9 Å². The maximum atomic E-state index is 13.5. The van der Waals surface area contributed by atoms with Gasteiger partial charge in [-0.25, -0.2) is 13.8 Å². The number of likely N-dealkylation sites (N-methyl/N-ethyl adjacent to an activating group) is 1. The van der Waals surface area contributed by atoms with Crippen LogP contribution >= 0.6 is 11.3 Å². The van der Waals surface area contributed by atoms with Gasteiger partial charge in [0, 0.05) is 23.8 Å². The summed E-state index contributed by atoms with van der Waals surface area (Å²) in [5, 5.41) is 2.66. The van der Waals surface area contributed by atoms with E-state index in [-0.39, 0.29) is 23.6 Å². The summed E-state index contributed by atoms with van der Waals surface area (Å²) >= 11 is 1.45. The van der Waals surface area contributed by atoms with E-state index >= 15 is 0 Å². The highest BCUT2D eigenvalue weighted by Gasteiger charge is 2.32. The van der Waals surface area contributed by atoms with Crippen molar-refractivity contribution in [3.8, 4) is 0 Å². The molecule has 2 aromatic carbocycles. The minimum Gasteiger partial charge on any atom is -0.321 e. The molecule has 1 aromatic heterocycles. The summed E-state index contributed by atoms with van der Waals surface area (Å²) in [7, 11) is 3.82. The maximum Gasteiger partial charge on any atom is 0.244 e. The van der Waals surface area contributed by atoms with Crippen LogP contribution in [0.25, 0.3) is 0 Å². The fraction of sp³-hybridized carbons (Fsp3) is 0.304. The Morgan fingerprint density at radius 2 is 1.71 bits per heavy atom. The monoisotopic (exact) mass is 442 g/mol. The zero-order valence-corrected chi connectivity index (χ0v) is 18.3. The fourth-order valence-electron chi connectivity index (χ4n) is 3.78. The average Bonchev–Trinajstić information content (AvgIpc) is 3.41. The number of hydrogen-bond donors (Lipinski definition) is 0. The molecule has 1 unspecified atom stereocenters. The van der Waals surface area contributed by atoms with Crippen molar-refractivity contribution in [3.05, 3.63) is 71.2 Å². The Labute approximate surface area is 184 Å². The van der Waals surface area contributed by atoms with Crippen LogP contribution in [0.15, 0.2) is 53.9 Å². The summed E-state index contributed by atoms with van der Waals surface area (Å²) in [4.78, 5) is 23.7. The van der Waals surface area contributed by atoms with E-state index in [4.69, 9.17) is 0 Å². The summed E-state index contributed by atoms with van der Waals surface area (Å²) < 4.78 is 26.7. The van der Waals surface area contributed by atoms with Gasteiger partial charge in [0.25, 0.3) is 0 Å². The fourth-order valence-corrected chi connectivity index (χ4v) is 4.58. The van der Waals surface area contributed by atoms with Crippen molar-refractivity contribution in [1.29, 1.82) is 0 Å². The van der Waals surface area contributed by atoms with Crippen LogP contribution in [0, 0.1) is 11.6 Å². The van der Waals surface area contributed by atoms with Gasteiger partial charge in [0.15, 0.2) is 5.13 Å². The molecule has 0 spiro atoms. The molecule has 8 heteroatoms. The van der Waals surface area contributed by atoms with Crippen molar-refractivity contribution in [2.75, 3.05) is 30.4 Å². The normalized spacial score (nSPS) is 16.5. The second-order valence-corrected chi connectivity index (χ2v) is 8.53. The highest BCUT2D eigenvalue weighted by atomic mass is 32.1. The Balaban J connectivity index is 1.57. The highest BCUT2D eigenvalue weighted by molar-refractivity contribution is 7.13. The Kier molecular flexibility index (Phi) is 6.29. The molecule has 1 amide bonds. The number of nitrogens with zero attached hydrogens (tertiary/aromatic N) is 4. The van der Waals surface area contributed by atoms with Gasteiger partial charge in [-0.15, -0.1) is 11.3 Å².